The van der Waals surface area contributed by atoms with Crippen LogP contribution in [0.3, 0.4) is 0 Å². The number of rotatable bonds is 7. The maximum absolute atomic E-state index is 12.0. The molecule has 0 atom stereocenters. The number of aliphatic hydroxyl groups excluding tert-OH is 1. The Balaban J connectivity index is 2.63. The van der Waals surface area contributed by atoms with Gasteiger partial charge in [-0.15, -0.1) is 11.3 Å². The van der Waals surface area contributed by atoms with Gasteiger partial charge < -0.3 is 5.11 Å². The van der Waals surface area contributed by atoms with E-state index >= 15 is 0 Å². The second-order valence-electron chi connectivity index (χ2n) is 5.08. The van der Waals surface area contributed by atoms with E-state index in [9.17, 15) is 8.42 Å². The predicted octanol–water partition coefficient (Wildman–Crippen LogP) is 1.40. The summed E-state index contributed by atoms with van der Waals surface area (Å²) in [6.07, 6.45) is 0.443. The minimum absolute atomic E-state index is 0.0481. The predicted molar refractivity (Wildman–Crippen MR) is 86.1 cm³/mol. The lowest BCUT2D eigenvalue weighted by Crippen LogP contribution is -2.39. The van der Waals surface area contributed by atoms with E-state index in [1.165, 1.54) is 15.6 Å². The molecule has 7 heteroatoms. The Bertz CT molecular complexity index is 597. The van der Waals surface area contributed by atoms with Crippen molar-refractivity contribution in [1.29, 1.82) is 0 Å². The van der Waals surface area contributed by atoms with Crippen LogP contribution in [0.15, 0.2) is 11.4 Å². The molecular weight excluding hydrogens is 308 g/mol. The Morgan fingerprint density at radius 2 is 2.19 bits per heavy atom. The number of thiophene rings is 1. The molecule has 0 aromatic carbocycles. The van der Waals surface area contributed by atoms with Gasteiger partial charge in [-0.25, -0.2) is 4.72 Å². The van der Waals surface area contributed by atoms with Crippen molar-refractivity contribution in [3.05, 3.63) is 21.9 Å². The van der Waals surface area contributed by atoms with E-state index in [1.54, 1.807) is 7.05 Å². The molecule has 21 heavy (non-hydrogen) atoms. The molecule has 0 amide bonds. The lowest BCUT2D eigenvalue weighted by molar-refractivity contribution is 0.305. The quantitative estimate of drug-likeness (QED) is 0.743. The second-order valence-corrected chi connectivity index (χ2v) is 7.94. The van der Waals surface area contributed by atoms with Gasteiger partial charge in [-0.1, -0.05) is 25.7 Å². The van der Waals surface area contributed by atoms with Gasteiger partial charge in [0.2, 0.25) is 0 Å². The van der Waals surface area contributed by atoms with Gasteiger partial charge in [0.25, 0.3) is 10.2 Å². The normalized spacial score (nSPS) is 11.7. The van der Waals surface area contributed by atoms with Crippen LogP contribution in [0.5, 0.6) is 0 Å². The smallest absolute Gasteiger partial charge is 0.279 e. The first-order valence-corrected chi connectivity index (χ1v) is 9.05. The molecule has 2 N–H and O–H groups in total. The Morgan fingerprint density at radius 1 is 1.48 bits per heavy atom. The Morgan fingerprint density at radius 3 is 2.81 bits per heavy atom. The van der Waals surface area contributed by atoms with Gasteiger partial charge in [0.05, 0.1) is 6.61 Å². The van der Waals surface area contributed by atoms with Crippen molar-refractivity contribution in [2.75, 3.05) is 20.2 Å². The highest BCUT2D eigenvalue weighted by molar-refractivity contribution is 7.87. The highest BCUT2D eigenvalue weighted by atomic mass is 32.2. The maximum atomic E-state index is 12.0. The number of nitrogens with one attached hydrogen (secondary N) is 1. The van der Waals surface area contributed by atoms with Gasteiger partial charge >= 0.3 is 0 Å². The van der Waals surface area contributed by atoms with E-state index in [-0.39, 0.29) is 12.5 Å². The summed E-state index contributed by atoms with van der Waals surface area (Å²) in [6, 6.07) is 1.88. The summed E-state index contributed by atoms with van der Waals surface area (Å²) in [7, 11) is -1.89. The monoisotopic (exact) mass is 330 g/mol. The molecule has 1 aromatic rings. The molecule has 0 bridgehead atoms. The minimum atomic E-state index is -3.44. The molecule has 0 fully saturated rings. The van der Waals surface area contributed by atoms with E-state index in [0.29, 0.717) is 19.5 Å². The van der Waals surface area contributed by atoms with Gasteiger partial charge in [0.15, 0.2) is 0 Å². The van der Waals surface area contributed by atoms with Crippen molar-refractivity contribution in [1.82, 2.24) is 9.03 Å². The number of aliphatic hydroxyl groups is 1. The summed E-state index contributed by atoms with van der Waals surface area (Å²) in [5.74, 6) is 6.05. The summed E-state index contributed by atoms with van der Waals surface area (Å²) in [6.45, 7) is 4.71. The zero-order valence-electron chi connectivity index (χ0n) is 12.6. The molecule has 118 valence electrons. The van der Waals surface area contributed by atoms with Gasteiger partial charge in [-0.2, -0.15) is 12.7 Å². The van der Waals surface area contributed by atoms with E-state index in [0.717, 1.165) is 10.4 Å². The molecule has 0 aliphatic carbocycles. The number of nitrogens with zero attached hydrogens (tertiary/aromatic N) is 1. The third-order valence-corrected chi connectivity index (χ3v) is 4.99. The second kappa shape index (κ2) is 8.51. The highest BCUT2D eigenvalue weighted by Crippen LogP contribution is 2.16. The van der Waals surface area contributed by atoms with Crippen LogP contribution in [-0.4, -0.2) is 38.0 Å². The molecule has 0 aliphatic rings. The Hall–Kier alpha value is -0.910. The van der Waals surface area contributed by atoms with Crippen molar-refractivity contribution < 1.29 is 13.5 Å². The van der Waals surface area contributed by atoms with Gasteiger partial charge in [0, 0.05) is 42.4 Å². The molecule has 1 aromatic heterocycles. The summed E-state index contributed by atoms with van der Waals surface area (Å²) in [5.41, 5.74) is 0.851. The van der Waals surface area contributed by atoms with Crippen molar-refractivity contribution in [3.8, 4) is 11.8 Å². The van der Waals surface area contributed by atoms with Crippen LogP contribution in [0, 0.1) is 17.8 Å². The fraction of sp³-hybridized carbons (Fsp3) is 0.571. The SMILES string of the molecule is CC(C)CNS(=O)(=O)N(C)Cc1cc(C#CCCO)cs1. The van der Waals surface area contributed by atoms with Crippen molar-refractivity contribution in [3.63, 3.8) is 0 Å². The molecule has 0 saturated carbocycles. The van der Waals surface area contributed by atoms with Crippen LogP contribution in [0.25, 0.3) is 0 Å². The van der Waals surface area contributed by atoms with E-state index in [2.05, 4.69) is 16.6 Å². The molecule has 0 radical (unpaired) electrons. The topological polar surface area (TPSA) is 69.6 Å². The van der Waals surface area contributed by atoms with Crippen LogP contribution in [0.1, 0.15) is 30.7 Å². The van der Waals surface area contributed by atoms with Crippen molar-refractivity contribution in [2.45, 2.75) is 26.8 Å². The number of hydrogen-bond acceptors (Lipinski definition) is 4. The zero-order chi connectivity index (χ0) is 15.9. The van der Waals surface area contributed by atoms with Gasteiger partial charge in [0.1, 0.15) is 0 Å². The van der Waals surface area contributed by atoms with E-state index < -0.39 is 10.2 Å². The average molecular weight is 330 g/mol. The minimum Gasteiger partial charge on any atom is -0.395 e. The van der Waals surface area contributed by atoms with Crippen LogP contribution in [0.2, 0.25) is 0 Å². The molecule has 0 saturated heterocycles. The molecule has 1 heterocycles. The molecule has 0 spiro atoms. The summed E-state index contributed by atoms with van der Waals surface area (Å²) < 4.78 is 27.9. The summed E-state index contributed by atoms with van der Waals surface area (Å²) in [5, 5.41) is 10.6. The Labute approximate surface area is 131 Å². The average Bonchev–Trinajstić information content (AvgIpc) is 2.84. The Kier molecular flexibility index (Phi) is 7.35. The molecule has 1 rings (SSSR count). The number of hydrogen-bond donors (Lipinski definition) is 2. The summed E-state index contributed by atoms with van der Waals surface area (Å²) in [4.78, 5) is 0.931. The molecule has 5 nitrogen and oxygen atoms in total. The first kappa shape index (κ1) is 18.1. The zero-order valence-corrected chi connectivity index (χ0v) is 14.2. The third-order valence-electron chi connectivity index (χ3n) is 2.59. The van der Waals surface area contributed by atoms with Crippen LogP contribution >= 0.6 is 11.3 Å². The third kappa shape index (κ3) is 6.59. The molecular formula is C14H22N2O3S2. The van der Waals surface area contributed by atoms with Gasteiger partial charge in [-0.05, 0) is 12.0 Å². The van der Waals surface area contributed by atoms with Crippen LogP contribution in [0.4, 0.5) is 0 Å². The van der Waals surface area contributed by atoms with Crippen molar-refractivity contribution >= 4 is 21.5 Å². The first-order chi connectivity index (χ1) is 9.85. The summed E-state index contributed by atoms with van der Waals surface area (Å²) >= 11 is 1.48. The maximum Gasteiger partial charge on any atom is 0.279 e. The first-order valence-electron chi connectivity index (χ1n) is 6.73. The molecule has 0 unspecified atom stereocenters. The largest absolute Gasteiger partial charge is 0.395 e. The van der Waals surface area contributed by atoms with Gasteiger partial charge in [-0.3, -0.25) is 0 Å². The van der Waals surface area contributed by atoms with E-state index in [1.807, 2.05) is 25.3 Å². The van der Waals surface area contributed by atoms with Crippen molar-refractivity contribution in [2.24, 2.45) is 5.92 Å². The lowest BCUT2D eigenvalue weighted by Gasteiger charge is -2.17. The van der Waals surface area contributed by atoms with Crippen LogP contribution in [-0.2, 0) is 16.8 Å². The molecule has 0 aliphatic heterocycles. The fourth-order valence-corrected chi connectivity index (χ4v) is 3.46. The lowest BCUT2D eigenvalue weighted by atomic mass is 10.2. The van der Waals surface area contributed by atoms with E-state index in [4.69, 9.17) is 5.11 Å². The standard InChI is InChI=1S/C14H22N2O3S2/c1-12(2)9-15-21(18,19)16(3)10-14-8-13(11-20-14)6-4-5-7-17/h8,11-12,15,17H,5,7,9-10H2,1-3H3. The highest BCUT2D eigenvalue weighted by Gasteiger charge is 2.18. The van der Waals surface area contributed by atoms with Crippen LogP contribution < -0.4 is 4.72 Å². The fourth-order valence-electron chi connectivity index (χ4n) is 1.44.